The van der Waals surface area contributed by atoms with Crippen LogP contribution in [-0.2, 0) is 16.1 Å². The lowest BCUT2D eigenvalue weighted by Crippen LogP contribution is -2.36. The minimum Gasteiger partial charge on any atom is -0.481 e. The number of rotatable bonds is 5. The Balaban J connectivity index is 1.76. The number of aliphatic carboxylic acids is 1. The van der Waals surface area contributed by atoms with E-state index in [4.69, 9.17) is 11.6 Å². The second kappa shape index (κ2) is 6.83. The molecule has 2 fully saturated rings. The molecule has 7 heteroatoms. The SMILES string of the molecule is Cc1nn(CC(C)C)c(Cl)c1/C=C/C(=O)N1C2CCC1C(C(=O)O)C2. The zero-order valence-electron chi connectivity index (χ0n) is 14.8. The highest BCUT2D eigenvalue weighted by Gasteiger charge is 2.50. The first-order valence-corrected chi connectivity index (χ1v) is 9.13. The van der Waals surface area contributed by atoms with Crippen LogP contribution in [0, 0.1) is 18.8 Å². The number of carboxylic acids is 1. The first-order chi connectivity index (χ1) is 11.8. The average molecular weight is 366 g/mol. The molecule has 2 aliphatic rings. The van der Waals surface area contributed by atoms with Gasteiger partial charge in [-0.2, -0.15) is 5.10 Å². The van der Waals surface area contributed by atoms with Crippen molar-refractivity contribution in [2.24, 2.45) is 11.8 Å². The van der Waals surface area contributed by atoms with Crippen molar-refractivity contribution in [3.8, 4) is 0 Å². The van der Waals surface area contributed by atoms with E-state index < -0.39 is 11.9 Å². The largest absolute Gasteiger partial charge is 0.481 e. The Morgan fingerprint density at radius 3 is 2.72 bits per heavy atom. The molecule has 2 aliphatic heterocycles. The molecule has 2 saturated heterocycles. The molecule has 1 aromatic heterocycles. The molecule has 0 aliphatic carbocycles. The van der Waals surface area contributed by atoms with Gasteiger partial charge in [0.05, 0.1) is 11.6 Å². The van der Waals surface area contributed by atoms with E-state index >= 15 is 0 Å². The Hall–Kier alpha value is -1.82. The monoisotopic (exact) mass is 365 g/mol. The number of hydrogen-bond acceptors (Lipinski definition) is 3. The summed E-state index contributed by atoms with van der Waals surface area (Å²) >= 11 is 6.40. The van der Waals surface area contributed by atoms with E-state index in [0.717, 1.165) is 30.6 Å². The molecule has 2 bridgehead atoms. The molecular weight excluding hydrogens is 342 g/mol. The fourth-order valence-corrected chi connectivity index (χ4v) is 4.37. The smallest absolute Gasteiger partial charge is 0.308 e. The molecule has 3 heterocycles. The van der Waals surface area contributed by atoms with Crippen molar-refractivity contribution in [2.75, 3.05) is 0 Å². The molecule has 1 aromatic rings. The van der Waals surface area contributed by atoms with E-state index in [2.05, 4.69) is 18.9 Å². The summed E-state index contributed by atoms with van der Waals surface area (Å²) in [5.74, 6) is -0.954. The summed E-state index contributed by atoms with van der Waals surface area (Å²) in [6.07, 6.45) is 5.43. The van der Waals surface area contributed by atoms with Crippen LogP contribution in [0.15, 0.2) is 6.08 Å². The van der Waals surface area contributed by atoms with Crippen LogP contribution in [0.2, 0.25) is 5.15 Å². The van der Waals surface area contributed by atoms with Crippen molar-refractivity contribution < 1.29 is 14.7 Å². The van der Waals surface area contributed by atoms with Gasteiger partial charge in [0.15, 0.2) is 0 Å². The van der Waals surface area contributed by atoms with Crippen LogP contribution in [0.1, 0.15) is 44.4 Å². The summed E-state index contributed by atoms with van der Waals surface area (Å²) in [6.45, 7) is 6.77. The molecule has 0 saturated carbocycles. The summed E-state index contributed by atoms with van der Waals surface area (Å²) in [5, 5.41) is 14.3. The number of aryl methyl sites for hydroxylation is 1. The van der Waals surface area contributed by atoms with Gasteiger partial charge in [-0.25, -0.2) is 0 Å². The fourth-order valence-electron chi connectivity index (χ4n) is 4.06. The summed E-state index contributed by atoms with van der Waals surface area (Å²) < 4.78 is 1.76. The van der Waals surface area contributed by atoms with Crippen LogP contribution in [0.5, 0.6) is 0 Å². The Kier molecular flexibility index (Phi) is 4.91. The second-order valence-corrected chi connectivity index (χ2v) is 7.78. The number of halogens is 1. The molecule has 0 radical (unpaired) electrons. The maximum absolute atomic E-state index is 12.6. The molecule has 136 valence electrons. The Morgan fingerprint density at radius 1 is 1.40 bits per heavy atom. The number of fused-ring (bicyclic) bond motifs is 2. The Bertz CT molecular complexity index is 725. The van der Waals surface area contributed by atoms with Crippen molar-refractivity contribution in [3.63, 3.8) is 0 Å². The number of aromatic nitrogens is 2. The zero-order chi connectivity index (χ0) is 18.3. The van der Waals surface area contributed by atoms with Crippen LogP contribution in [-0.4, -0.2) is 43.7 Å². The van der Waals surface area contributed by atoms with Gasteiger partial charge in [0, 0.05) is 30.3 Å². The van der Waals surface area contributed by atoms with Crippen LogP contribution in [0.3, 0.4) is 0 Å². The lowest BCUT2D eigenvalue weighted by Gasteiger charge is -2.21. The maximum Gasteiger partial charge on any atom is 0.308 e. The molecule has 3 rings (SSSR count). The van der Waals surface area contributed by atoms with Gasteiger partial charge in [-0.15, -0.1) is 0 Å². The average Bonchev–Trinajstić information content (AvgIpc) is 3.18. The number of carbonyl (C=O) groups is 2. The lowest BCUT2D eigenvalue weighted by molar-refractivity contribution is -0.143. The van der Waals surface area contributed by atoms with Crippen molar-refractivity contribution in [2.45, 2.75) is 58.7 Å². The molecule has 0 aromatic carbocycles. The standard InChI is InChI=1S/C18H24ClN3O3/c1-10(2)9-21-17(19)13(11(3)20-21)5-7-16(23)22-12-4-6-15(22)14(8-12)18(24)25/h5,7,10,12,14-15H,4,6,8-9H2,1-3H3,(H,24,25)/b7-5+. The first kappa shape index (κ1) is 18.0. The number of amides is 1. The van der Waals surface area contributed by atoms with E-state index in [-0.39, 0.29) is 18.0 Å². The molecule has 3 atom stereocenters. The summed E-state index contributed by atoms with van der Waals surface area (Å²) in [6, 6.07) is -0.136. The number of carbonyl (C=O) groups excluding carboxylic acids is 1. The predicted molar refractivity (Wildman–Crippen MR) is 95.2 cm³/mol. The summed E-state index contributed by atoms with van der Waals surface area (Å²) in [4.78, 5) is 25.7. The molecule has 6 nitrogen and oxygen atoms in total. The van der Waals surface area contributed by atoms with E-state index in [0.29, 0.717) is 17.5 Å². The Labute approximate surface area is 152 Å². The van der Waals surface area contributed by atoms with Gasteiger partial charge in [0.2, 0.25) is 5.91 Å². The normalized spacial score (nSPS) is 25.5. The third-order valence-electron chi connectivity index (χ3n) is 5.15. The minimum absolute atomic E-state index is 0.0449. The summed E-state index contributed by atoms with van der Waals surface area (Å²) in [7, 11) is 0. The third-order valence-corrected chi connectivity index (χ3v) is 5.55. The van der Waals surface area contributed by atoms with Crippen LogP contribution >= 0.6 is 11.6 Å². The molecule has 3 unspecified atom stereocenters. The third kappa shape index (κ3) is 3.32. The van der Waals surface area contributed by atoms with Gasteiger partial charge in [-0.05, 0) is 38.2 Å². The Morgan fingerprint density at radius 2 is 2.12 bits per heavy atom. The molecule has 1 amide bonds. The van der Waals surface area contributed by atoms with Crippen molar-refractivity contribution >= 4 is 29.6 Å². The zero-order valence-corrected chi connectivity index (χ0v) is 15.5. The van der Waals surface area contributed by atoms with Crippen molar-refractivity contribution in [1.82, 2.24) is 14.7 Å². The van der Waals surface area contributed by atoms with E-state index in [1.165, 1.54) is 6.08 Å². The minimum atomic E-state index is -0.803. The highest BCUT2D eigenvalue weighted by molar-refractivity contribution is 6.31. The number of nitrogens with zero attached hydrogens (tertiary/aromatic N) is 3. The first-order valence-electron chi connectivity index (χ1n) is 8.75. The van der Waals surface area contributed by atoms with Gasteiger partial charge >= 0.3 is 5.97 Å². The van der Waals surface area contributed by atoms with Gasteiger partial charge in [-0.1, -0.05) is 25.4 Å². The number of hydrogen-bond donors (Lipinski definition) is 1. The van der Waals surface area contributed by atoms with Gasteiger partial charge in [0.25, 0.3) is 0 Å². The highest BCUT2D eigenvalue weighted by atomic mass is 35.5. The van der Waals surface area contributed by atoms with E-state index in [1.54, 1.807) is 15.7 Å². The fraction of sp³-hybridized carbons (Fsp3) is 0.611. The highest BCUT2D eigenvalue weighted by Crippen LogP contribution is 2.42. The van der Waals surface area contributed by atoms with Gasteiger partial charge in [-0.3, -0.25) is 14.3 Å². The second-order valence-electron chi connectivity index (χ2n) is 7.42. The van der Waals surface area contributed by atoms with Crippen LogP contribution in [0.4, 0.5) is 0 Å². The number of carboxylic acid groups (broad SMARTS) is 1. The van der Waals surface area contributed by atoms with E-state index in [9.17, 15) is 14.7 Å². The van der Waals surface area contributed by atoms with Gasteiger partial charge < -0.3 is 10.0 Å². The lowest BCUT2D eigenvalue weighted by atomic mass is 9.89. The topological polar surface area (TPSA) is 75.4 Å². The predicted octanol–water partition coefficient (Wildman–Crippen LogP) is 2.98. The molecular formula is C18H24ClN3O3. The van der Waals surface area contributed by atoms with Gasteiger partial charge in [0.1, 0.15) is 5.15 Å². The van der Waals surface area contributed by atoms with Crippen molar-refractivity contribution in [3.05, 3.63) is 22.5 Å². The maximum atomic E-state index is 12.6. The molecule has 1 N–H and O–H groups in total. The summed E-state index contributed by atoms with van der Waals surface area (Å²) in [5.41, 5.74) is 1.53. The van der Waals surface area contributed by atoms with E-state index in [1.807, 2.05) is 6.92 Å². The molecule has 25 heavy (non-hydrogen) atoms. The van der Waals surface area contributed by atoms with Crippen LogP contribution in [0.25, 0.3) is 6.08 Å². The quantitative estimate of drug-likeness (QED) is 0.814. The molecule has 0 spiro atoms. The van der Waals surface area contributed by atoms with Crippen LogP contribution < -0.4 is 0 Å². The van der Waals surface area contributed by atoms with Crippen molar-refractivity contribution in [1.29, 1.82) is 0 Å².